The molecule has 7 heteroatoms. The van der Waals surface area contributed by atoms with E-state index in [1.54, 1.807) is 12.1 Å². The summed E-state index contributed by atoms with van der Waals surface area (Å²) in [6.07, 6.45) is 0. The van der Waals surface area contributed by atoms with Crippen molar-refractivity contribution in [3.63, 3.8) is 0 Å². The minimum absolute atomic E-state index is 0.00890. The lowest BCUT2D eigenvalue weighted by atomic mass is 10.2. The third-order valence-electron chi connectivity index (χ3n) is 3.32. The summed E-state index contributed by atoms with van der Waals surface area (Å²) in [6, 6.07) is 8.98. The third-order valence-corrected chi connectivity index (χ3v) is 3.32. The maximum Gasteiger partial charge on any atom is 0.340 e. The summed E-state index contributed by atoms with van der Waals surface area (Å²) in [6.45, 7) is -0.233. The van der Waals surface area contributed by atoms with Crippen LogP contribution in [0, 0.1) is 11.6 Å². The van der Waals surface area contributed by atoms with Crippen molar-refractivity contribution in [1.82, 2.24) is 4.90 Å². The normalized spacial score (nSPS) is 10.3. The van der Waals surface area contributed by atoms with Gasteiger partial charge >= 0.3 is 5.97 Å². The summed E-state index contributed by atoms with van der Waals surface area (Å²) in [5.74, 6) is -2.18. The van der Waals surface area contributed by atoms with Crippen LogP contribution in [-0.2, 0) is 16.1 Å². The number of benzene rings is 2. The highest BCUT2D eigenvalue weighted by Gasteiger charge is 2.16. The average molecular weight is 334 g/mol. The van der Waals surface area contributed by atoms with Gasteiger partial charge < -0.3 is 15.4 Å². The molecule has 2 aromatic carbocycles. The smallest absolute Gasteiger partial charge is 0.340 e. The highest BCUT2D eigenvalue weighted by molar-refractivity contribution is 5.96. The van der Waals surface area contributed by atoms with E-state index in [0.29, 0.717) is 0 Å². The predicted molar refractivity (Wildman–Crippen MR) is 84.0 cm³/mol. The number of anilines is 1. The van der Waals surface area contributed by atoms with Gasteiger partial charge in [0.2, 0.25) is 0 Å². The molecule has 2 N–H and O–H groups in total. The Bertz CT molecular complexity index is 748. The van der Waals surface area contributed by atoms with Gasteiger partial charge in [0.1, 0.15) is 11.6 Å². The number of halogens is 2. The van der Waals surface area contributed by atoms with Gasteiger partial charge in [-0.25, -0.2) is 13.6 Å². The summed E-state index contributed by atoms with van der Waals surface area (Å²) in [5, 5.41) is 0. The van der Waals surface area contributed by atoms with E-state index in [1.165, 1.54) is 30.1 Å². The zero-order valence-electron chi connectivity index (χ0n) is 13.0. The van der Waals surface area contributed by atoms with Crippen molar-refractivity contribution in [2.45, 2.75) is 6.54 Å². The Balaban J connectivity index is 1.89. The first kappa shape index (κ1) is 17.4. The van der Waals surface area contributed by atoms with E-state index >= 15 is 0 Å². The molecule has 0 aliphatic heterocycles. The van der Waals surface area contributed by atoms with Gasteiger partial charge in [-0.2, -0.15) is 0 Å². The van der Waals surface area contributed by atoms with Gasteiger partial charge in [-0.1, -0.05) is 12.1 Å². The summed E-state index contributed by atoms with van der Waals surface area (Å²) in [5.41, 5.74) is 6.20. The number of carbonyl (C=O) groups excluding carboxylic acids is 2. The number of carbonyl (C=O) groups is 2. The lowest BCUT2D eigenvalue weighted by Crippen LogP contribution is -2.30. The number of nitrogens with two attached hydrogens (primary N) is 1. The minimum Gasteiger partial charge on any atom is -0.452 e. The molecule has 2 aromatic rings. The van der Waals surface area contributed by atoms with Crippen LogP contribution in [-0.4, -0.2) is 30.4 Å². The van der Waals surface area contributed by atoms with Crippen molar-refractivity contribution in [3.05, 3.63) is 65.2 Å². The molecule has 0 aliphatic carbocycles. The van der Waals surface area contributed by atoms with Crippen LogP contribution >= 0.6 is 0 Å². The summed E-state index contributed by atoms with van der Waals surface area (Å²) in [7, 11) is 1.53. The fraction of sp³-hybridized carbons (Fsp3) is 0.176. The Morgan fingerprint density at radius 1 is 1.08 bits per heavy atom. The Morgan fingerprint density at radius 3 is 2.33 bits per heavy atom. The molecule has 0 atom stereocenters. The molecule has 0 fully saturated rings. The van der Waals surface area contributed by atoms with Gasteiger partial charge in [0.15, 0.2) is 6.61 Å². The molecule has 0 unspecified atom stereocenters. The predicted octanol–water partition coefficient (Wildman–Crippen LogP) is 2.36. The molecule has 126 valence electrons. The van der Waals surface area contributed by atoms with Crippen LogP contribution in [0.2, 0.25) is 0 Å². The van der Waals surface area contributed by atoms with E-state index in [9.17, 15) is 18.4 Å². The molecule has 0 saturated heterocycles. The first-order valence-electron chi connectivity index (χ1n) is 7.07. The number of hydrogen-bond acceptors (Lipinski definition) is 4. The van der Waals surface area contributed by atoms with Crippen LogP contribution < -0.4 is 5.73 Å². The fourth-order valence-corrected chi connectivity index (χ4v) is 1.99. The van der Waals surface area contributed by atoms with Gasteiger partial charge in [0.05, 0.1) is 5.56 Å². The van der Waals surface area contributed by atoms with Gasteiger partial charge in [0.25, 0.3) is 5.91 Å². The van der Waals surface area contributed by atoms with Gasteiger partial charge in [-0.05, 0) is 35.9 Å². The Kier molecular flexibility index (Phi) is 5.47. The topological polar surface area (TPSA) is 72.6 Å². The fourth-order valence-electron chi connectivity index (χ4n) is 1.99. The zero-order chi connectivity index (χ0) is 17.7. The van der Waals surface area contributed by atoms with E-state index in [0.717, 1.165) is 17.7 Å². The molecule has 0 radical (unpaired) electrons. The Labute approximate surface area is 137 Å². The highest BCUT2D eigenvalue weighted by atomic mass is 19.1. The quantitative estimate of drug-likeness (QED) is 0.673. The maximum absolute atomic E-state index is 12.9. The van der Waals surface area contributed by atoms with Crippen LogP contribution in [0.25, 0.3) is 0 Å². The van der Waals surface area contributed by atoms with Crippen LogP contribution in [0.4, 0.5) is 14.5 Å². The van der Waals surface area contributed by atoms with E-state index in [2.05, 4.69) is 0 Å². The first-order chi connectivity index (χ1) is 11.4. The second-order valence-corrected chi connectivity index (χ2v) is 5.18. The summed E-state index contributed by atoms with van der Waals surface area (Å²) < 4.78 is 30.7. The van der Waals surface area contributed by atoms with E-state index in [-0.39, 0.29) is 23.6 Å². The molecule has 0 heterocycles. The number of esters is 1. The molecule has 24 heavy (non-hydrogen) atoms. The molecule has 0 bridgehead atoms. The van der Waals surface area contributed by atoms with E-state index in [1.807, 2.05) is 0 Å². The Hall–Kier alpha value is -2.96. The summed E-state index contributed by atoms with van der Waals surface area (Å²) in [4.78, 5) is 25.2. The van der Waals surface area contributed by atoms with Crippen molar-refractivity contribution in [2.24, 2.45) is 0 Å². The number of nitrogen functional groups attached to an aromatic ring is 1. The largest absolute Gasteiger partial charge is 0.452 e. The van der Waals surface area contributed by atoms with E-state index < -0.39 is 24.3 Å². The van der Waals surface area contributed by atoms with Crippen molar-refractivity contribution < 1.29 is 23.1 Å². The number of ether oxygens (including phenoxy) is 1. The summed E-state index contributed by atoms with van der Waals surface area (Å²) >= 11 is 0. The van der Waals surface area contributed by atoms with Crippen molar-refractivity contribution in [1.29, 1.82) is 0 Å². The molecule has 2 rings (SSSR count). The van der Waals surface area contributed by atoms with Crippen molar-refractivity contribution >= 4 is 17.6 Å². The first-order valence-corrected chi connectivity index (χ1v) is 7.07. The average Bonchev–Trinajstić information content (AvgIpc) is 2.54. The molecule has 0 aliphatic rings. The van der Waals surface area contributed by atoms with Gasteiger partial charge in [-0.3, -0.25) is 4.79 Å². The standard InChI is InChI=1S/C17H16F2N2O3/c1-21(9-11-2-4-12(18)5-3-11)16(22)10-24-17(23)14-7-6-13(19)8-15(14)20/h2-8H,9-10,20H2,1H3. The highest BCUT2D eigenvalue weighted by Crippen LogP contribution is 2.14. The van der Waals surface area contributed by atoms with Crippen LogP contribution in [0.3, 0.4) is 0 Å². The number of rotatable bonds is 5. The minimum atomic E-state index is -0.809. The molecular weight excluding hydrogens is 318 g/mol. The van der Waals surface area contributed by atoms with Gasteiger partial charge in [0, 0.05) is 19.3 Å². The molecule has 0 saturated carbocycles. The second kappa shape index (κ2) is 7.54. The molecule has 0 aromatic heterocycles. The molecule has 1 amide bonds. The SMILES string of the molecule is CN(Cc1ccc(F)cc1)C(=O)COC(=O)c1ccc(F)cc1N. The van der Waals surface area contributed by atoms with Crippen molar-refractivity contribution in [2.75, 3.05) is 19.4 Å². The van der Waals surface area contributed by atoms with Crippen LogP contribution in [0.1, 0.15) is 15.9 Å². The lowest BCUT2D eigenvalue weighted by Gasteiger charge is -2.17. The van der Waals surface area contributed by atoms with Crippen LogP contribution in [0.15, 0.2) is 42.5 Å². The monoisotopic (exact) mass is 334 g/mol. The Morgan fingerprint density at radius 2 is 1.71 bits per heavy atom. The van der Waals surface area contributed by atoms with E-state index in [4.69, 9.17) is 10.5 Å². The number of nitrogens with zero attached hydrogens (tertiary/aromatic N) is 1. The number of amides is 1. The maximum atomic E-state index is 12.9. The van der Waals surface area contributed by atoms with Crippen LogP contribution in [0.5, 0.6) is 0 Å². The second-order valence-electron chi connectivity index (χ2n) is 5.18. The number of hydrogen-bond donors (Lipinski definition) is 1. The molecular formula is C17H16F2N2O3. The molecule has 0 spiro atoms. The molecule has 5 nitrogen and oxygen atoms in total. The third kappa shape index (κ3) is 4.52. The van der Waals surface area contributed by atoms with Crippen molar-refractivity contribution in [3.8, 4) is 0 Å². The lowest BCUT2D eigenvalue weighted by molar-refractivity contribution is -0.133. The number of likely N-dealkylation sites (N-methyl/N-ethyl adjacent to an activating group) is 1. The zero-order valence-corrected chi connectivity index (χ0v) is 13.0. The van der Waals surface area contributed by atoms with Gasteiger partial charge in [-0.15, -0.1) is 0 Å².